The van der Waals surface area contributed by atoms with Crippen LogP contribution in [0.25, 0.3) is 104 Å². The molecule has 0 unspecified atom stereocenters. The zero-order valence-corrected chi connectivity index (χ0v) is 31.0. The van der Waals surface area contributed by atoms with Crippen molar-refractivity contribution >= 4 is 53.3 Å². The van der Waals surface area contributed by atoms with E-state index in [1.807, 2.05) is 29.5 Å². The Morgan fingerprint density at radius 3 is 1.64 bits per heavy atom. The van der Waals surface area contributed by atoms with Gasteiger partial charge in [-0.1, -0.05) is 170 Å². The molecule has 11 aromatic rings. The average molecular weight is 733 g/mol. The molecule has 3 heterocycles. The lowest BCUT2D eigenvalue weighted by atomic mass is 9.99. The fourth-order valence-electron chi connectivity index (χ4n) is 8.04. The number of benzene rings is 8. The highest BCUT2D eigenvalue weighted by Crippen LogP contribution is 2.42. The van der Waals surface area contributed by atoms with Crippen molar-refractivity contribution in [3.05, 3.63) is 194 Å². The molecule has 0 bridgehead atoms. The summed E-state index contributed by atoms with van der Waals surface area (Å²) >= 11 is 1.85. The first-order valence-electron chi connectivity index (χ1n) is 18.8. The predicted octanol–water partition coefficient (Wildman–Crippen LogP) is 13.7. The van der Waals surface area contributed by atoms with Crippen LogP contribution in [0.5, 0.6) is 0 Å². The second kappa shape index (κ2) is 13.3. The molecule has 8 aromatic carbocycles. The third-order valence-electron chi connectivity index (χ3n) is 10.7. The van der Waals surface area contributed by atoms with Crippen LogP contribution in [0.3, 0.4) is 0 Å². The van der Waals surface area contributed by atoms with Crippen LogP contribution in [0.15, 0.2) is 194 Å². The van der Waals surface area contributed by atoms with Crippen molar-refractivity contribution < 1.29 is 0 Å². The first kappa shape index (κ1) is 32.2. The first-order chi connectivity index (χ1) is 27.8. The van der Waals surface area contributed by atoms with Crippen LogP contribution < -0.4 is 0 Å². The van der Waals surface area contributed by atoms with E-state index < -0.39 is 0 Å². The molecule has 3 aromatic heterocycles. The van der Waals surface area contributed by atoms with Crippen molar-refractivity contribution in [2.75, 3.05) is 0 Å². The molecule has 0 saturated carbocycles. The van der Waals surface area contributed by atoms with Gasteiger partial charge >= 0.3 is 0 Å². The largest absolute Gasteiger partial charge is 0.278 e. The molecule has 0 atom stereocenters. The lowest BCUT2D eigenvalue weighted by Crippen LogP contribution is -2.06. The minimum Gasteiger partial charge on any atom is -0.278 e. The van der Waals surface area contributed by atoms with E-state index in [1.54, 1.807) is 0 Å². The number of thiophene rings is 1. The maximum Gasteiger partial charge on any atom is 0.238 e. The van der Waals surface area contributed by atoms with Crippen LogP contribution in [0.1, 0.15) is 0 Å². The monoisotopic (exact) mass is 732 g/mol. The van der Waals surface area contributed by atoms with E-state index in [1.165, 1.54) is 53.4 Å². The van der Waals surface area contributed by atoms with Crippen LogP contribution in [0, 0.1) is 0 Å². The molecule has 11 rings (SSSR count). The topological polar surface area (TPSA) is 43.6 Å². The van der Waals surface area contributed by atoms with Gasteiger partial charge in [0, 0.05) is 42.1 Å². The summed E-state index contributed by atoms with van der Waals surface area (Å²) in [7, 11) is 0. The van der Waals surface area contributed by atoms with E-state index >= 15 is 0 Å². The Labute approximate surface area is 327 Å². The molecule has 56 heavy (non-hydrogen) atoms. The van der Waals surface area contributed by atoms with Gasteiger partial charge in [0.05, 0.1) is 11.0 Å². The lowest BCUT2D eigenvalue weighted by molar-refractivity contribution is 0.953. The molecule has 0 aliphatic rings. The predicted molar refractivity (Wildman–Crippen MR) is 234 cm³/mol. The molecule has 5 heteroatoms. The van der Waals surface area contributed by atoms with Crippen LogP contribution in [-0.2, 0) is 0 Å². The van der Waals surface area contributed by atoms with E-state index in [9.17, 15) is 0 Å². The van der Waals surface area contributed by atoms with Gasteiger partial charge in [0.25, 0.3) is 0 Å². The average Bonchev–Trinajstić information content (AvgIpc) is 3.83. The molecule has 0 saturated heterocycles. The highest BCUT2D eigenvalue weighted by atomic mass is 32.1. The van der Waals surface area contributed by atoms with Crippen molar-refractivity contribution in [3.63, 3.8) is 0 Å². The fourth-order valence-corrected chi connectivity index (χ4v) is 9.26. The Morgan fingerprint density at radius 1 is 0.357 bits per heavy atom. The van der Waals surface area contributed by atoms with E-state index in [0.717, 1.165) is 33.1 Å². The second-order valence-electron chi connectivity index (χ2n) is 14.0. The third kappa shape index (κ3) is 5.40. The Balaban J connectivity index is 1.05. The SMILES string of the molecule is c1ccc(-c2ccc3sc4c(-c5ccc(-c6nc(-c7ccccc7)nc(-n7c8ccccc8c8c(-c9ccccc9)cccc87)n6)cc5)cccc4c3c2)cc1. The Bertz CT molecular complexity index is 3220. The number of fused-ring (bicyclic) bond motifs is 6. The second-order valence-corrected chi connectivity index (χ2v) is 15.1. The molecule has 4 nitrogen and oxygen atoms in total. The minimum atomic E-state index is 0.583. The third-order valence-corrected chi connectivity index (χ3v) is 11.9. The standard InChI is InChI=1S/C51H32N4S/c1-4-14-33(15-5-1)38-30-31-46-43(32-38)41-23-12-22-40(48(41)56-46)35-26-28-37(29-27-35)50-52-49(36-18-8-3-9-19-36)53-51(54-50)55-44-24-11-10-20-42(44)47-39(21-13-25-45(47)55)34-16-6-2-7-17-34/h1-32H. The number of rotatable bonds is 6. The molecule has 0 N–H and O–H groups in total. The fraction of sp³-hybridized carbons (Fsp3) is 0. The summed E-state index contributed by atoms with van der Waals surface area (Å²) in [5, 5.41) is 4.90. The molecule has 0 aliphatic carbocycles. The van der Waals surface area contributed by atoms with Crippen molar-refractivity contribution in [1.29, 1.82) is 0 Å². The highest BCUT2D eigenvalue weighted by molar-refractivity contribution is 7.26. The van der Waals surface area contributed by atoms with Gasteiger partial charge in [0.1, 0.15) is 0 Å². The van der Waals surface area contributed by atoms with E-state index in [4.69, 9.17) is 15.0 Å². The molecule has 0 radical (unpaired) electrons. The van der Waals surface area contributed by atoms with Crippen LogP contribution in [-0.4, -0.2) is 19.5 Å². The summed E-state index contributed by atoms with van der Waals surface area (Å²) in [6.45, 7) is 0. The molecular formula is C51H32N4S. The number of nitrogens with zero attached hydrogens (tertiary/aromatic N) is 4. The smallest absolute Gasteiger partial charge is 0.238 e. The van der Waals surface area contributed by atoms with Gasteiger partial charge < -0.3 is 0 Å². The zero-order valence-electron chi connectivity index (χ0n) is 30.2. The van der Waals surface area contributed by atoms with Crippen LogP contribution in [0.2, 0.25) is 0 Å². The van der Waals surface area contributed by atoms with Gasteiger partial charge in [-0.15, -0.1) is 11.3 Å². The van der Waals surface area contributed by atoms with Gasteiger partial charge in [0.2, 0.25) is 5.95 Å². The molecule has 0 aliphatic heterocycles. The van der Waals surface area contributed by atoms with Gasteiger partial charge in [-0.2, -0.15) is 9.97 Å². The summed E-state index contributed by atoms with van der Waals surface area (Å²) in [6, 6.07) is 68.5. The van der Waals surface area contributed by atoms with E-state index in [0.29, 0.717) is 17.6 Å². The maximum absolute atomic E-state index is 5.23. The molecule has 0 spiro atoms. The van der Waals surface area contributed by atoms with Gasteiger partial charge in [0.15, 0.2) is 11.6 Å². The van der Waals surface area contributed by atoms with Crippen LogP contribution in [0.4, 0.5) is 0 Å². The minimum absolute atomic E-state index is 0.583. The summed E-state index contributed by atoms with van der Waals surface area (Å²) in [4.78, 5) is 15.5. The Hall–Kier alpha value is -7.21. The lowest BCUT2D eigenvalue weighted by Gasteiger charge is -2.11. The number of para-hydroxylation sites is 1. The number of hydrogen-bond donors (Lipinski definition) is 0. The van der Waals surface area contributed by atoms with E-state index in [-0.39, 0.29) is 0 Å². The van der Waals surface area contributed by atoms with Gasteiger partial charge in [-0.3, -0.25) is 4.57 Å². The molecule has 0 amide bonds. The van der Waals surface area contributed by atoms with Crippen LogP contribution >= 0.6 is 11.3 Å². The maximum atomic E-state index is 5.23. The highest BCUT2D eigenvalue weighted by Gasteiger charge is 2.20. The normalized spacial score (nSPS) is 11.6. The summed E-state index contributed by atoms with van der Waals surface area (Å²) in [5.74, 6) is 1.84. The summed E-state index contributed by atoms with van der Waals surface area (Å²) in [6.07, 6.45) is 0. The Morgan fingerprint density at radius 2 is 0.893 bits per heavy atom. The van der Waals surface area contributed by atoms with Gasteiger partial charge in [-0.05, 0) is 57.6 Å². The first-order valence-corrected chi connectivity index (χ1v) is 19.6. The molecule has 0 fully saturated rings. The number of hydrogen-bond acceptors (Lipinski definition) is 4. The molecular weight excluding hydrogens is 701 g/mol. The summed E-state index contributed by atoms with van der Waals surface area (Å²) < 4.78 is 4.76. The molecule has 262 valence electrons. The van der Waals surface area contributed by atoms with Gasteiger partial charge in [-0.25, -0.2) is 4.98 Å². The summed E-state index contributed by atoms with van der Waals surface area (Å²) in [5.41, 5.74) is 11.1. The zero-order chi connectivity index (χ0) is 37.0. The number of aromatic nitrogens is 4. The van der Waals surface area contributed by atoms with Crippen molar-refractivity contribution in [2.24, 2.45) is 0 Å². The van der Waals surface area contributed by atoms with Crippen molar-refractivity contribution in [2.45, 2.75) is 0 Å². The Kier molecular flexibility index (Phi) is 7.64. The quantitative estimate of drug-likeness (QED) is 0.171. The van der Waals surface area contributed by atoms with Crippen molar-refractivity contribution in [1.82, 2.24) is 19.5 Å². The van der Waals surface area contributed by atoms with E-state index in [2.05, 4.69) is 180 Å². The van der Waals surface area contributed by atoms with Crippen molar-refractivity contribution in [3.8, 4) is 62.1 Å².